The van der Waals surface area contributed by atoms with Crippen molar-refractivity contribution in [3.8, 4) is 17.2 Å². The molecule has 1 aliphatic rings. The number of aryl methyl sites for hydroxylation is 2. The van der Waals surface area contributed by atoms with Crippen molar-refractivity contribution in [1.29, 1.82) is 0 Å². The number of barbiturate groups is 1. The van der Waals surface area contributed by atoms with Crippen LogP contribution in [0.2, 0.25) is 0 Å². The van der Waals surface area contributed by atoms with Gasteiger partial charge in [0.05, 0.1) is 33.1 Å². The number of nitrogens with one attached hydrogen (secondary N) is 1. The van der Waals surface area contributed by atoms with Gasteiger partial charge in [0.25, 0.3) is 11.8 Å². The van der Waals surface area contributed by atoms with Crippen LogP contribution in [0.15, 0.2) is 64.8 Å². The summed E-state index contributed by atoms with van der Waals surface area (Å²) in [7, 11) is 1.50. The summed E-state index contributed by atoms with van der Waals surface area (Å²) in [6.07, 6.45) is 3.51. The number of carbonyl (C=O) groups is 3. The lowest BCUT2D eigenvalue weighted by Gasteiger charge is -2.25. The fourth-order valence-corrected chi connectivity index (χ4v) is 3.69. The maximum atomic E-state index is 12.9. The van der Waals surface area contributed by atoms with Gasteiger partial charge in [-0.15, -0.1) is 0 Å². The average Bonchev–Trinajstić information content (AvgIpc) is 3.40. The fraction of sp³-hybridized carbons (Fsp3) is 0.250. The molecular weight excluding hydrogens is 476 g/mol. The maximum Gasteiger partial charge on any atom is 0.331 e. The smallest absolute Gasteiger partial charge is 0.331 e. The largest absolute Gasteiger partial charge is 0.493 e. The normalized spacial score (nSPS) is 14.6. The Morgan fingerprint density at radius 2 is 1.76 bits per heavy atom. The van der Waals surface area contributed by atoms with E-state index in [2.05, 4.69) is 12.2 Å². The highest BCUT2D eigenvalue weighted by atomic mass is 16.5. The molecule has 2 aromatic carbocycles. The Bertz CT molecular complexity index is 1330. The first kappa shape index (κ1) is 25.6. The van der Waals surface area contributed by atoms with E-state index in [0.29, 0.717) is 42.5 Å². The van der Waals surface area contributed by atoms with Crippen molar-refractivity contribution >= 4 is 23.9 Å². The molecule has 4 amide bonds. The van der Waals surface area contributed by atoms with Crippen molar-refractivity contribution in [2.45, 2.75) is 26.8 Å². The molecule has 9 nitrogen and oxygen atoms in total. The minimum atomic E-state index is -0.800. The van der Waals surface area contributed by atoms with Crippen LogP contribution < -0.4 is 19.5 Å². The number of carbonyl (C=O) groups excluding carboxylic acids is 3. The SMILES string of the molecule is COc1cc(/C=C2/C(=O)NC(=O)N(Cc3ccco3)C2=O)ccc1OCCCOc1ccc(C)c(C)c1. The molecule has 0 atom stereocenters. The Labute approximate surface area is 214 Å². The second kappa shape index (κ2) is 11.5. The topological polar surface area (TPSA) is 107 Å². The van der Waals surface area contributed by atoms with Gasteiger partial charge in [-0.05, 0) is 73.0 Å². The fourth-order valence-electron chi connectivity index (χ4n) is 3.69. The number of benzene rings is 2. The minimum absolute atomic E-state index is 0.0916. The van der Waals surface area contributed by atoms with Crippen LogP contribution in [0.3, 0.4) is 0 Å². The summed E-state index contributed by atoms with van der Waals surface area (Å²) in [6.45, 7) is 4.92. The lowest BCUT2D eigenvalue weighted by Crippen LogP contribution is -2.53. The quantitative estimate of drug-likeness (QED) is 0.247. The zero-order chi connectivity index (χ0) is 26.4. The first-order chi connectivity index (χ1) is 17.9. The Kier molecular flexibility index (Phi) is 7.92. The van der Waals surface area contributed by atoms with Gasteiger partial charge in [0.2, 0.25) is 0 Å². The molecule has 3 aromatic rings. The Balaban J connectivity index is 1.38. The highest BCUT2D eigenvalue weighted by Crippen LogP contribution is 2.30. The van der Waals surface area contributed by atoms with E-state index in [1.807, 2.05) is 25.1 Å². The van der Waals surface area contributed by atoms with Crippen molar-refractivity contribution in [3.63, 3.8) is 0 Å². The molecule has 0 bridgehead atoms. The van der Waals surface area contributed by atoms with Crippen molar-refractivity contribution < 1.29 is 33.0 Å². The summed E-state index contributed by atoms with van der Waals surface area (Å²) in [5.41, 5.74) is 2.76. The van der Waals surface area contributed by atoms with Crippen LogP contribution in [0.1, 0.15) is 28.9 Å². The number of furan rings is 1. The average molecular weight is 505 g/mol. The number of imide groups is 2. The minimum Gasteiger partial charge on any atom is -0.493 e. The summed E-state index contributed by atoms with van der Waals surface area (Å²) in [5, 5.41) is 2.19. The van der Waals surface area contributed by atoms with Gasteiger partial charge >= 0.3 is 6.03 Å². The van der Waals surface area contributed by atoms with Gasteiger partial charge in [-0.3, -0.25) is 19.8 Å². The molecule has 0 saturated carbocycles. The van der Waals surface area contributed by atoms with Gasteiger partial charge in [-0.2, -0.15) is 0 Å². The van der Waals surface area contributed by atoms with Crippen LogP contribution in [-0.4, -0.2) is 43.1 Å². The second-order valence-electron chi connectivity index (χ2n) is 8.49. The predicted octanol–water partition coefficient (Wildman–Crippen LogP) is 4.41. The number of amides is 4. The summed E-state index contributed by atoms with van der Waals surface area (Å²) in [4.78, 5) is 38.4. The Morgan fingerprint density at radius 3 is 2.49 bits per heavy atom. The molecule has 2 heterocycles. The van der Waals surface area contributed by atoms with E-state index >= 15 is 0 Å². The molecule has 1 aliphatic heterocycles. The van der Waals surface area contributed by atoms with E-state index in [4.69, 9.17) is 18.6 Å². The molecule has 1 aromatic heterocycles. The van der Waals surface area contributed by atoms with Gasteiger partial charge in [0, 0.05) is 6.42 Å². The molecule has 0 radical (unpaired) electrons. The Morgan fingerprint density at radius 1 is 0.946 bits per heavy atom. The zero-order valence-corrected chi connectivity index (χ0v) is 20.9. The highest BCUT2D eigenvalue weighted by molar-refractivity contribution is 6.30. The van der Waals surface area contributed by atoms with Gasteiger partial charge < -0.3 is 18.6 Å². The number of nitrogens with zero attached hydrogens (tertiary/aromatic N) is 1. The molecule has 9 heteroatoms. The van der Waals surface area contributed by atoms with E-state index < -0.39 is 17.8 Å². The van der Waals surface area contributed by atoms with E-state index in [-0.39, 0.29) is 12.1 Å². The van der Waals surface area contributed by atoms with Crippen molar-refractivity contribution in [3.05, 3.63) is 82.8 Å². The zero-order valence-electron chi connectivity index (χ0n) is 20.9. The van der Waals surface area contributed by atoms with Gasteiger partial charge in [0.1, 0.15) is 17.1 Å². The lowest BCUT2D eigenvalue weighted by molar-refractivity contribution is -0.130. The number of hydrogen-bond donors (Lipinski definition) is 1. The first-order valence-electron chi connectivity index (χ1n) is 11.8. The third kappa shape index (κ3) is 6.19. The molecule has 1 saturated heterocycles. The molecule has 1 fully saturated rings. The van der Waals surface area contributed by atoms with Gasteiger partial charge in [0.15, 0.2) is 11.5 Å². The molecule has 1 N–H and O–H groups in total. The third-order valence-electron chi connectivity index (χ3n) is 5.87. The van der Waals surface area contributed by atoms with Crippen LogP contribution in [-0.2, 0) is 16.1 Å². The maximum absolute atomic E-state index is 12.9. The number of urea groups is 1. The van der Waals surface area contributed by atoms with Gasteiger partial charge in [-0.1, -0.05) is 12.1 Å². The van der Waals surface area contributed by atoms with Crippen LogP contribution in [0.25, 0.3) is 6.08 Å². The predicted molar refractivity (Wildman–Crippen MR) is 135 cm³/mol. The van der Waals surface area contributed by atoms with Crippen LogP contribution >= 0.6 is 0 Å². The van der Waals surface area contributed by atoms with E-state index in [0.717, 1.165) is 10.6 Å². The molecule has 192 valence electrons. The van der Waals surface area contributed by atoms with E-state index in [9.17, 15) is 14.4 Å². The molecular formula is C28H28N2O7. The number of rotatable bonds is 10. The highest BCUT2D eigenvalue weighted by Gasteiger charge is 2.36. The van der Waals surface area contributed by atoms with E-state index in [1.165, 1.54) is 30.6 Å². The number of methoxy groups -OCH3 is 1. The third-order valence-corrected chi connectivity index (χ3v) is 5.87. The van der Waals surface area contributed by atoms with Crippen LogP contribution in [0.5, 0.6) is 17.2 Å². The summed E-state index contributed by atoms with van der Waals surface area (Å²) >= 11 is 0. The van der Waals surface area contributed by atoms with Crippen LogP contribution in [0, 0.1) is 13.8 Å². The molecule has 0 aliphatic carbocycles. The summed E-state index contributed by atoms with van der Waals surface area (Å²) < 4.78 is 22.3. The lowest BCUT2D eigenvalue weighted by atomic mass is 10.1. The standard InChI is InChI=1S/C28H28N2O7/c1-18-7-9-21(14-19(18)2)35-12-5-13-37-24-10-8-20(16-25(24)34-3)15-23-26(31)29-28(33)30(27(23)32)17-22-6-4-11-36-22/h4,6-11,14-16H,5,12-13,17H2,1-3H3,(H,29,31,33)/b23-15-. The number of hydrogen-bond acceptors (Lipinski definition) is 7. The second-order valence-corrected chi connectivity index (χ2v) is 8.49. The molecule has 37 heavy (non-hydrogen) atoms. The van der Waals surface area contributed by atoms with Crippen molar-refractivity contribution in [2.75, 3.05) is 20.3 Å². The van der Waals surface area contributed by atoms with Gasteiger partial charge in [-0.25, -0.2) is 4.79 Å². The van der Waals surface area contributed by atoms with Crippen molar-refractivity contribution in [1.82, 2.24) is 10.2 Å². The first-order valence-corrected chi connectivity index (χ1v) is 11.8. The van der Waals surface area contributed by atoms with Crippen molar-refractivity contribution in [2.24, 2.45) is 0 Å². The summed E-state index contributed by atoms with van der Waals surface area (Å²) in [6, 6.07) is 13.5. The molecule has 0 spiro atoms. The molecule has 0 unspecified atom stereocenters. The molecule has 4 rings (SSSR count). The summed E-state index contributed by atoms with van der Waals surface area (Å²) in [5.74, 6) is 0.715. The number of ether oxygens (including phenoxy) is 3. The monoisotopic (exact) mass is 504 g/mol. The van der Waals surface area contributed by atoms with E-state index in [1.54, 1.807) is 30.3 Å². The van der Waals surface area contributed by atoms with Crippen LogP contribution in [0.4, 0.5) is 4.79 Å². The Hall–Kier alpha value is -4.53.